The first-order chi connectivity index (χ1) is 13.8. The smallest absolute Gasteiger partial charge is 0.261 e. The fourth-order valence-electron chi connectivity index (χ4n) is 3.41. The molecule has 0 radical (unpaired) electrons. The summed E-state index contributed by atoms with van der Waals surface area (Å²) in [5.74, 6) is -0.101. The molecule has 1 aliphatic heterocycles. The van der Waals surface area contributed by atoms with Crippen LogP contribution in [-0.4, -0.2) is 38.6 Å². The second kappa shape index (κ2) is 9.41. The van der Waals surface area contributed by atoms with Crippen LogP contribution in [-0.2, 0) is 10.0 Å². The highest BCUT2D eigenvalue weighted by Crippen LogP contribution is 2.28. The second-order valence-corrected chi connectivity index (χ2v) is 10.1. The summed E-state index contributed by atoms with van der Waals surface area (Å²) in [5, 5.41) is 0.542. The molecule has 1 N–H and O–H groups in total. The maximum Gasteiger partial charge on any atom is 0.261 e. The van der Waals surface area contributed by atoms with Crippen molar-refractivity contribution in [3.8, 4) is 0 Å². The lowest BCUT2D eigenvalue weighted by Gasteiger charge is -2.22. The van der Waals surface area contributed by atoms with Crippen LogP contribution in [0, 0.1) is 6.92 Å². The van der Waals surface area contributed by atoms with Gasteiger partial charge in [-0.2, -0.15) is 0 Å². The van der Waals surface area contributed by atoms with Crippen LogP contribution in [0.15, 0.2) is 46.2 Å². The van der Waals surface area contributed by atoms with E-state index in [9.17, 15) is 13.2 Å². The number of rotatable bonds is 5. The zero-order valence-electron chi connectivity index (χ0n) is 16.6. The number of nitrogens with zero attached hydrogens (tertiary/aromatic N) is 1. The maximum absolute atomic E-state index is 13.1. The molecule has 1 heterocycles. The molecule has 8 heteroatoms. The zero-order valence-corrected chi connectivity index (χ0v) is 19.0. The highest BCUT2D eigenvalue weighted by Gasteiger charge is 2.23. The number of aryl methyl sites for hydroxylation is 1. The summed E-state index contributed by atoms with van der Waals surface area (Å²) in [4.78, 5) is 15.8. The average molecular weight is 453 g/mol. The molecule has 0 aromatic heterocycles. The van der Waals surface area contributed by atoms with E-state index in [0.29, 0.717) is 29.4 Å². The molecule has 5 nitrogen and oxygen atoms in total. The van der Waals surface area contributed by atoms with Crippen LogP contribution < -0.4 is 4.72 Å². The van der Waals surface area contributed by atoms with Crippen molar-refractivity contribution >= 4 is 45.0 Å². The minimum absolute atomic E-state index is 0.0721. The van der Waals surface area contributed by atoms with E-state index in [1.807, 2.05) is 11.2 Å². The fourth-order valence-corrected chi connectivity index (χ4v) is 5.36. The number of sulfonamides is 1. The molecule has 156 valence electrons. The molecule has 1 amide bonds. The van der Waals surface area contributed by atoms with Gasteiger partial charge in [0.15, 0.2) is 0 Å². The number of carbonyl (C=O) groups excluding carboxylic acids is 1. The Morgan fingerprint density at radius 3 is 2.38 bits per heavy atom. The van der Waals surface area contributed by atoms with Crippen LogP contribution in [0.1, 0.15) is 41.6 Å². The molecule has 1 fully saturated rings. The van der Waals surface area contributed by atoms with E-state index in [1.54, 1.807) is 37.3 Å². The fraction of sp³-hybridized carbons (Fsp3) is 0.381. The predicted octanol–water partition coefficient (Wildman–Crippen LogP) is 5.19. The van der Waals surface area contributed by atoms with Gasteiger partial charge in [0.05, 0.1) is 16.1 Å². The van der Waals surface area contributed by atoms with Crippen molar-refractivity contribution in [1.82, 2.24) is 4.90 Å². The monoisotopic (exact) mass is 452 g/mol. The molecule has 0 saturated carbocycles. The predicted molar refractivity (Wildman–Crippen MR) is 120 cm³/mol. The van der Waals surface area contributed by atoms with Gasteiger partial charge >= 0.3 is 0 Å². The van der Waals surface area contributed by atoms with Crippen molar-refractivity contribution < 1.29 is 13.2 Å². The lowest BCUT2D eigenvalue weighted by atomic mass is 10.2. The highest BCUT2D eigenvalue weighted by atomic mass is 35.5. The third-order valence-corrected chi connectivity index (χ3v) is 7.43. The van der Waals surface area contributed by atoms with Gasteiger partial charge in [-0.15, -0.1) is 11.8 Å². The van der Waals surface area contributed by atoms with Gasteiger partial charge in [-0.3, -0.25) is 9.52 Å². The number of benzene rings is 2. The van der Waals surface area contributed by atoms with Crippen molar-refractivity contribution in [1.29, 1.82) is 0 Å². The van der Waals surface area contributed by atoms with E-state index in [1.165, 1.54) is 17.8 Å². The Kier molecular flexibility index (Phi) is 7.14. The lowest BCUT2D eigenvalue weighted by Crippen LogP contribution is -2.32. The summed E-state index contributed by atoms with van der Waals surface area (Å²) in [6.07, 6.45) is 6.10. The van der Waals surface area contributed by atoms with Gasteiger partial charge in [0.1, 0.15) is 0 Å². The van der Waals surface area contributed by atoms with Gasteiger partial charge in [0.25, 0.3) is 15.9 Å². The maximum atomic E-state index is 13.1. The minimum Gasteiger partial charge on any atom is -0.339 e. The first kappa shape index (κ1) is 22.0. The molecule has 0 unspecified atom stereocenters. The van der Waals surface area contributed by atoms with Crippen LogP contribution in [0.3, 0.4) is 0 Å². The molecular formula is C21H25ClN2O3S2. The average Bonchev–Trinajstić information content (AvgIpc) is 2.98. The number of hydrogen-bond donors (Lipinski definition) is 1. The van der Waals surface area contributed by atoms with E-state index in [-0.39, 0.29) is 10.8 Å². The van der Waals surface area contributed by atoms with E-state index < -0.39 is 10.0 Å². The molecule has 29 heavy (non-hydrogen) atoms. The van der Waals surface area contributed by atoms with Crippen LogP contribution in [0.25, 0.3) is 0 Å². The standard InChI is InChI=1S/C21H25ClN2O3S2/c1-15-13-16(22)7-9-19(15)23-29(26,27)17-8-10-20(28-2)18(14-17)21(25)24-11-5-3-4-6-12-24/h7-10,13-14,23H,3-6,11-12H2,1-2H3. The largest absolute Gasteiger partial charge is 0.339 e. The Bertz CT molecular complexity index is 1000. The van der Waals surface area contributed by atoms with Crippen molar-refractivity contribution in [2.45, 2.75) is 42.4 Å². The molecule has 0 bridgehead atoms. The van der Waals surface area contributed by atoms with E-state index in [4.69, 9.17) is 11.6 Å². The summed E-state index contributed by atoms with van der Waals surface area (Å²) in [5.41, 5.74) is 1.63. The number of halogens is 1. The molecule has 0 spiro atoms. The van der Waals surface area contributed by atoms with Crippen molar-refractivity contribution in [3.05, 3.63) is 52.5 Å². The second-order valence-electron chi connectivity index (χ2n) is 7.13. The molecule has 1 saturated heterocycles. The van der Waals surface area contributed by atoms with Crippen molar-refractivity contribution in [2.75, 3.05) is 24.1 Å². The Labute approximate surface area is 181 Å². The van der Waals surface area contributed by atoms with Crippen molar-refractivity contribution in [2.24, 2.45) is 0 Å². The normalized spacial score (nSPS) is 15.1. The Balaban J connectivity index is 1.93. The van der Waals surface area contributed by atoms with Gasteiger partial charge in [0, 0.05) is 23.0 Å². The molecule has 3 rings (SSSR count). The number of amides is 1. The summed E-state index contributed by atoms with van der Waals surface area (Å²) in [6.45, 7) is 3.21. The summed E-state index contributed by atoms with van der Waals surface area (Å²) < 4.78 is 28.5. The number of nitrogens with one attached hydrogen (secondary N) is 1. The van der Waals surface area contributed by atoms with Gasteiger partial charge in [-0.05, 0) is 68.0 Å². The molecule has 2 aromatic carbocycles. The molecule has 2 aromatic rings. The van der Waals surface area contributed by atoms with Gasteiger partial charge in [-0.25, -0.2) is 8.42 Å². The molecular weight excluding hydrogens is 428 g/mol. The first-order valence-electron chi connectivity index (χ1n) is 9.58. The quantitative estimate of drug-likeness (QED) is 0.634. The Morgan fingerprint density at radius 1 is 1.07 bits per heavy atom. The topological polar surface area (TPSA) is 66.5 Å². The van der Waals surface area contributed by atoms with Crippen molar-refractivity contribution in [3.63, 3.8) is 0 Å². The third-order valence-electron chi connectivity index (χ3n) is 5.04. The Morgan fingerprint density at radius 2 is 1.76 bits per heavy atom. The summed E-state index contributed by atoms with van der Waals surface area (Å²) in [6, 6.07) is 9.71. The van der Waals surface area contributed by atoms with E-state index in [0.717, 1.165) is 36.1 Å². The number of anilines is 1. The molecule has 0 aliphatic carbocycles. The van der Waals surface area contributed by atoms with Crippen LogP contribution in [0.5, 0.6) is 0 Å². The molecule has 1 aliphatic rings. The Hall–Kier alpha value is -1.70. The van der Waals surface area contributed by atoms with Gasteiger partial charge < -0.3 is 4.90 Å². The number of thioether (sulfide) groups is 1. The SMILES string of the molecule is CSc1ccc(S(=O)(=O)Nc2ccc(Cl)cc2C)cc1C(=O)N1CCCCCC1. The number of likely N-dealkylation sites (tertiary alicyclic amines) is 1. The van der Waals surface area contributed by atoms with E-state index >= 15 is 0 Å². The van der Waals surface area contributed by atoms with Crippen LogP contribution in [0.2, 0.25) is 5.02 Å². The summed E-state index contributed by atoms with van der Waals surface area (Å²) in [7, 11) is -3.84. The minimum atomic E-state index is -3.84. The zero-order chi connectivity index (χ0) is 21.0. The van der Waals surface area contributed by atoms with E-state index in [2.05, 4.69) is 4.72 Å². The first-order valence-corrected chi connectivity index (χ1v) is 12.7. The van der Waals surface area contributed by atoms with Gasteiger partial charge in [-0.1, -0.05) is 24.4 Å². The van der Waals surface area contributed by atoms with Crippen LogP contribution >= 0.6 is 23.4 Å². The number of carbonyl (C=O) groups is 1. The van der Waals surface area contributed by atoms with Crippen LogP contribution in [0.4, 0.5) is 5.69 Å². The van der Waals surface area contributed by atoms with Gasteiger partial charge in [0.2, 0.25) is 0 Å². The number of hydrogen-bond acceptors (Lipinski definition) is 4. The lowest BCUT2D eigenvalue weighted by molar-refractivity contribution is 0.0758. The highest BCUT2D eigenvalue weighted by molar-refractivity contribution is 7.98. The third kappa shape index (κ3) is 5.27. The molecule has 0 atom stereocenters. The summed E-state index contributed by atoms with van der Waals surface area (Å²) >= 11 is 7.40.